The van der Waals surface area contributed by atoms with Crippen molar-refractivity contribution in [3.8, 4) is 5.75 Å². The second kappa shape index (κ2) is 4.41. The van der Waals surface area contributed by atoms with Gasteiger partial charge in [0.05, 0.1) is 0 Å². The van der Waals surface area contributed by atoms with Crippen LogP contribution < -0.4 is 4.74 Å². The van der Waals surface area contributed by atoms with Crippen molar-refractivity contribution < 1.29 is 19.0 Å². The molecule has 1 rings (SSSR count). The predicted molar refractivity (Wildman–Crippen MR) is 49.1 cm³/mol. The molecule has 0 aliphatic heterocycles. The largest absolute Gasteiger partial charge is 0.489 e. The first-order valence-corrected chi connectivity index (χ1v) is 3.91. The van der Waals surface area contributed by atoms with Gasteiger partial charge in [0, 0.05) is 0 Å². The molecule has 1 N–H and O–H groups in total. The lowest BCUT2D eigenvalue weighted by Crippen LogP contribution is -2.03. The molecule has 74 valence electrons. The SMILES string of the molecule is C=CCOc1ccc(F)cc1C(=O)O. The molecule has 1 aromatic rings. The summed E-state index contributed by atoms with van der Waals surface area (Å²) in [6.07, 6.45) is 1.48. The van der Waals surface area contributed by atoms with Crippen molar-refractivity contribution in [1.82, 2.24) is 0 Å². The summed E-state index contributed by atoms with van der Waals surface area (Å²) in [5, 5.41) is 8.72. The smallest absolute Gasteiger partial charge is 0.339 e. The Hall–Kier alpha value is -1.84. The van der Waals surface area contributed by atoms with Crippen LogP contribution in [0.5, 0.6) is 5.75 Å². The molecule has 0 atom stereocenters. The van der Waals surface area contributed by atoms with Crippen LogP contribution in [0.1, 0.15) is 10.4 Å². The minimum absolute atomic E-state index is 0.138. The summed E-state index contributed by atoms with van der Waals surface area (Å²) in [7, 11) is 0. The maximum absolute atomic E-state index is 12.7. The summed E-state index contributed by atoms with van der Waals surface area (Å²) < 4.78 is 17.7. The number of carboxylic acids is 1. The average molecular weight is 196 g/mol. The average Bonchev–Trinajstić information content (AvgIpc) is 2.15. The fourth-order valence-electron chi connectivity index (χ4n) is 0.944. The quantitative estimate of drug-likeness (QED) is 0.750. The summed E-state index contributed by atoms with van der Waals surface area (Å²) >= 11 is 0. The molecular weight excluding hydrogens is 187 g/mol. The Morgan fingerprint density at radius 2 is 2.36 bits per heavy atom. The first-order chi connectivity index (χ1) is 6.65. The number of carbonyl (C=O) groups is 1. The highest BCUT2D eigenvalue weighted by molar-refractivity contribution is 5.90. The molecule has 14 heavy (non-hydrogen) atoms. The van der Waals surface area contributed by atoms with Gasteiger partial charge in [-0.05, 0) is 18.2 Å². The third-order valence-corrected chi connectivity index (χ3v) is 1.53. The Bertz CT molecular complexity index is 360. The molecule has 0 amide bonds. The van der Waals surface area contributed by atoms with Gasteiger partial charge in [-0.15, -0.1) is 0 Å². The second-order valence-electron chi connectivity index (χ2n) is 2.55. The van der Waals surface area contributed by atoms with Crippen molar-refractivity contribution >= 4 is 5.97 Å². The van der Waals surface area contributed by atoms with Crippen LogP contribution in [0.4, 0.5) is 4.39 Å². The highest BCUT2D eigenvalue weighted by atomic mass is 19.1. The van der Waals surface area contributed by atoms with Crippen molar-refractivity contribution in [1.29, 1.82) is 0 Å². The van der Waals surface area contributed by atoms with E-state index in [0.29, 0.717) is 0 Å². The van der Waals surface area contributed by atoms with Crippen LogP contribution in [-0.4, -0.2) is 17.7 Å². The molecule has 0 radical (unpaired) electrons. The van der Waals surface area contributed by atoms with Gasteiger partial charge < -0.3 is 9.84 Å². The third kappa shape index (κ3) is 2.32. The number of hydrogen-bond acceptors (Lipinski definition) is 2. The molecule has 0 unspecified atom stereocenters. The Morgan fingerprint density at radius 1 is 1.64 bits per heavy atom. The van der Waals surface area contributed by atoms with Crippen molar-refractivity contribution in [2.75, 3.05) is 6.61 Å². The topological polar surface area (TPSA) is 46.5 Å². The lowest BCUT2D eigenvalue weighted by molar-refractivity contribution is 0.0692. The zero-order valence-electron chi connectivity index (χ0n) is 7.37. The number of rotatable bonds is 4. The van der Waals surface area contributed by atoms with Crippen molar-refractivity contribution in [3.05, 3.63) is 42.2 Å². The molecule has 0 heterocycles. The van der Waals surface area contributed by atoms with Gasteiger partial charge in [0.25, 0.3) is 0 Å². The minimum atomic E-state index is -1.22. The van der Waals surface area contributed by atoms with E-state index in [4.69, 9.17) is 9.84 Å². The molecule has 0 aromatic heterocycles. The van der Waals surface area contributed by atoms with E-state index in [0.717, 1.165) is 12.1 Å². The highest BCUT2D eigenvalue weighted by Gasteiger charge is 2.11. The molecule has 3 nitrogen and oxygen atoms in total. The molecule has 0 saturated heterocycles. The fourth-order valence-corrected chi connectivity index (χ4v) is 0.944. The van der Waals surface area contributed by atoms with Crippen LogP contribution in [0.2, 0.25) is 0 Å². The lowest BCUT2D eigenvalue weighted by atomic mass is 10.2. The van der Waals surface area contributed by atoms with Crippen LogP contribution in [-0.2, 0) is 0 Å². The Kier molecular flexibility index (Phi) is 3.23. The third-order valence-electron chi connectivity index (χ3n) is 1.53. The van der Waals surface area contributed by atoms with E-state index >= 15 is 0 Å². The van der Waals surface area contributed by atoms with Gasteiger partial charge in [0.1, 0.15) is 23.7 Å². The molecule has 0 aliphatic carbocycles. The van der Waals surface area contributed by atoms with Crippen LogP contribution >= 0.6 is 0 Å². The van der Waals surface area contributed by atoms with E-state index in [1.165, 1.54) is 12.1 Å². The fraction of sp³-hybridized carbons (Fsp3) is 0.100. The molecule has 0 saturated carbocycles. The summed E-state index contributed by atoms with van der Waals surface area (Å²) in [5.74, 6) is -1.68. The van der Waals surface area contributed by atoms with E-state index in [9.17, 15) is 9.18 Å². The van der Waals surface area contributed by atoms with Crippen molar-refractivity contribution in [2.24, 2.45) is 0 Å². The van der Waals surface area contributed by atoms with Gasteiger partial charge in [-0.1, -0.05) is 12.7 Å². The first kappa shape index (κ1) is 10.2. The monoisotopic (exact) mass is 196 g/mol. The van der Waals surface area contributed by atoms with Gasteiger partial charge in [-0.25, -0.2) is 9.18 Å². The van der Waals surface area contributed by atoms with Gasteiger partial charge in [-0.3, -0.25) is 0 Å². The van der Waals surface area contributed by atoms with Gasteiger partial charge in [0.15, 0.2) is 0 Å². The molecule has 0 fully saturated rings. The van der Waals surface area contributed by atoms with E-state index < -0.39 is 11.8 Å². The number of hydrogen-bond donors (Lipinski definition) is 1. The standard InChI is InChI=1S/C10H9FO3/c1-2-5-14-9-4-3-7(11)6-8(9)10(12)13/h2-4,6H,1,5H2,(H,12,13). The van der Waals surface area contributed by atoms with E-state index in [2.05, 4.69) is 6.58 Å². The summed E-state index contributed by atoms with van der Waals surface area (Å²) in [6.45, 7) is 3.61. The highest BCUT2D eigenvalue weighted by Crippen LogP contribution is 2.19. The number of halogens is 1. The maximum Gasteiger partial charge on any atom is 0.339 e. The van der Waals surface area contributed by atoms with Crippen LogP contribution in [0.15, 0.2) is 30.9 Å². The van der Waals surface area contributed by atoms with E-state index in [-0.39, 0.29) is 17.9 Å². The molecule has 0 spiro atoms. The molecular formula is C10H9FO3. The van der Waals surface area contributed by atoms with E-state index in [1.54, 1.807) is 0 Å². The number of ether oxygens (including phenoxy) is 1. The first-order valence-electron chi connectivity index (χ1n) is 3.91. The maximum atomic E-state index is 12.7. The van der Waals surface area contributed by atoms with Crippen LogP contribution in [0.25, 0.3) is 0 Å². The predicted octanol–water partition coefficient (Wildman–Crippen LogP) is 2.09. The van der Waals surface area contributed by atoms with Gasteiger partial charge >= 0.3 is 5.97 Å². The van der Waals surface area contributed by atoms with Crippen LogP contribution in [0, 0.1) is 5.82 Å². The zero-order valence-corrected chi connectivity index (χ0v) is 7.37. The van der Waals surface area contributed by atoms with Crippen LogP contribution in [0.3, 0.4) is 0 Å². The summed E-state index contributed by atoms with van der Waals surface area (Å²) in [6, 6.07) is 3.34. The normalized spacial score (nSPS) is 9.50. The van der Waals surface area contributed by atoms with Crippen molar-refractivity contribution in [3.63, 3.8) is 0 Å². The molecule has 0 bridgehead atoms. The molecule has 0 aliphatic rings. The van der Waals surface area contributed by atoms with Gasteiger partial charge in [-0.2, -0.15) is 0 Å². The Balaban J connectivity index is 3.01. The van der Waals surface area contributed by atoms with Crippen molar-refractivity contribution in [2.45, 2.75) is 0 Å². The number of aromatic carboxylic acids is 1. The minimum Gasteiger partial charge on any atom is -0.489 e. The molecule has 1 aromatic carbocycles. The summed E-state index contributed by atoms with van der Waals surface area (Å²) in [5.41, 5.74) is -0.188. The number of carboxylic acid groups (broad SMARTS) is 1. The zero-order chi connectivity index (χ0) is 10.6. The lowest BCUT2D eigenvalue weighted by Gasteiger charge is -2.06. The van der Waals surface area contributed by atoms with E-state index in [1.807, 2.05) is 0 Å². The Morgan fingerprint density at radius 3 is 2.93 bits per heavy atom. The summed E-state index contributed by atoms with van der Waals surface area (Å²) in [4.78, 5) is 10.7. The van der Waals surface area contributed by atoms with Gasteiger partial charge in [0.2, 0.25) is 0 Å². The second-order valence-corrected chi connectivity index (χ2v) is 2.55. The Labute approximate surface area is 80.4 Å². The number of benzene rings is 1. The molecule has 4 heteroatoms.